The molecule has 1 aromatic carbocycles. The lowest BCUT2D eigenvalue weighted by Crippen LogP contribution is -2.35. The van der Waals surface area contributed by atoms with Gasteiger partial charge in [0.1, 0.15) is 0 Å². The van der Waals surface area contributed by atoms with E-state index in [0.29, 0.717) is 0 Å². The van der Waals surface area contributed by atoms with Gasteiger partial charge in [-0.25, -0.2) is 0 Å². The number of nitrogens with two attached hydrogens (primary N) is 1. The Morgan fingerprint density at radius 1 is 1.14 bits per heavy atom. The third kappa shape index (κ3) is 4.61. The summed E-state index contributed by atoms with van der Waals surface area (Å²) in [4.78, 5) is 2.54. The molecule has 1 aromatic rings. The van der Waals surface area contributed by atoms with Crippen LogP contribution in [0.4, 0.5) is 0 Å². The molecular weight excluding hydrogens is 264 g/mol. The van der Waals surface area contributed by atoms with Crippen molar-refractivity contribution in [2.24, 2.45) is 11.7 Å². The highest BCUT2D eigenvalue weighted by Crippen LogP contribution is 2.30. The maximum absolute atomic E-state index is 5.58. The molecule has 0 aliphatic carbocycles. The Bertz CT molecular complexity index is 429. The van der Waals surface area contributed by atoms with Gasteiger partial charge in [0, 0.05) is 0 Å². The molecule has 0 amide bonds. The Labute approximate surface area is 128 Å². The van der Waals surface area contributed by atoms with Crippen LogP contribution in [-0.4, -0.2) is 45.3 Å². The predicted octanol–water partition coefficient (Wildman–Crippen LogP) is 2.31. The molecule has 1 aliphatic heterocycles. The zero-order valence-corrected chi connectivity index (χ0v) is 13.3. The number of hydrogen-bond acceptors (Lipinski definition) is 4. The molecule has 0 saturated carbocycles. The van der Waals surface area contributed by atoms with E-state index in [0.717, 1.165) is 43.3 Å². The van der Waals surface area contributed by atoms with Crippen molar-refractivity contribution in [2.45, 2.75) is 25.7 Å². The van der Waals surface area contributed by atoms with Crippen molar-refractivity contribution in [3.63, 3.8) is 0 Å². The van der Waals surface area contributed by atoms with E-state index in [4.69, 9.17) is 15.2 Å². The molecular formula is C17H28N2O2. The molecule has 0 unspecified atom stereocenters. The topological polar surface area (TPSA) is 47.7 Å². The Balaban J connectivity index is 1.86. The van der Waals surface area contributed by atoms with Gasteiger partial charge >= 0.3 is 0 Å². The van der Waals surface area contributed by atoms with Crippen molar-refractivity contribution >= 4 is 0 Å². The molecule has 1 aliphatic rings. The summed E-state index contributed by atoms with van der Waals surface area (Å²) in [6.07, 6.45) is 4.79. The van der Waals surface area contributed by atoms with Crippen LogP contribution in [0.25, 0.3) is 0 Å². The molecule has 4 nitrogen and oxygen atoms in total. The van der Waals surface area contributed by atoms with Gasteiger partial charge in [-0.1, -0.05) is 6.07 Å². The highest BCUT2D eigenvalue weighted by molar-refractivity contribution is 5.43. The first-order valence-electron chi connectivity index (χ1n) is 7.90. The van der Waals surface area contributed by atoms with Crippen LogP contribution < -0.4 is 15.2 Å². The number of nitrogens with zero attached hydrogens (tertiary/aromatic N) is 1. The number of piperidine rings is 1. The molecule has 21 heavy (non-hydrogen) atoms. The summed E-state index contributed by atoms with van der Waals surface area (Å²) >= 11 is 0. The normalized spacial score (nSPS) is 16.9. The predicted molar refractivity (Wildman–Crippen MR) is 86.1 cm³/mol. The van der Waals surface area contributed by atoms with Gasteiger partial charge in [0.15, 0.2) is 11.5 Å². The van der Waals surface area contributed by atoms with Crippen LogP contribution in [0.2, 0.25) is 0 Å². The molecule has 1 saturated heterocycles. The van der Waals surface area contributed by atoms with E-state index in [9.17, 15) is 0 Å². The monoisotopic (exact) mass is 292 g/mol. The fourth-order valence-corrected chi connectivity index (χ4v) is 3.07. The van der Waals surface area contributed by atoms with Gasteiger partial charge in [-0.15, -0.1) is 0 Å². The Hall–Kier alpha value is -1.26. The lowest BCUT2D eigenvalue weighted by atomic mass is 9.90. The lowest BCUT2D eigenvalue weighted by molar-refractivity contribution is 0.183. The first kappa shape index (κ1) is 16.1. The molecule has 4 heteroatoms. The molecule has 0 spiro atoms. The van der Waals surface area contributed by atoms with E-state index < -0.39 is 0 Å². The number of hydrogen-bond donors (Lipinski definition) is 1. The summed E-state index contributed by atoms with van der Waals surface area (Å²) in [5.41, 5.74) is 6.92. The van der Waals surface area contributed by atoms with Crippen LogP contribution in [0.3, 0.4) is 0 Å². The largest absolute Gasteiger partial charge is 0.493 e. The summed E-state index contributed by atoms with van der Waals surface area (Å²) in [6.45, 7) is 4.36. The van der Waals surface area contributed by atoms with E-state index in [1.807, 2.05) is 6.07 Å². The van der Waals surface area contributed by atoms with Crippen LogP contribution >= 0.6 is 0 Å². The number of ether oxygens (including phenoxy) is 2. The molecule has 2 N–H and O–H groups in total. The molecule has 118 valence electrons. The second-order valence-corrected chi connectivity index (χ2v) is 5.82. The summed E-state index contributed by atoms with van der Waals surface area (Å²) in [6, 6.07) is 6.27. The minimum Gasteiger partial charge on any atom is -0.493 e. The Morgan fingerprint density at radius 2 is 1.86 bits per heavy atom. The van der Waals surface area contributed by atoms with Crippen molar-refractivity contribution in [3.05, 3.63) is 23.8 Å². The van der Waals surface area contributed by atoms with E-state index in [2.05, 4.69) is 17.0 Å². The SMILES string of the molecule is COc1ccc(CC2CCN(CCCN)CC2)cc1OC. The van der Waals surface area contributed by atoms with Crippen molar-refractivity contribution in [2.75, 3.05) is 40.4 Å². The van der Waals surface area contributed by atoms with Crippen LogP contribution in [0.1, 0.15) is 24.8 Å². The third-order valence-corrected chi connectivity index (χ3v) is 4.36. The molecule has 0 aromatic heterocycles. The van der Waals surface area contributed by atoms with Gasteiger partial charge in [0.25, 0.3) is 0 Å². The first-order chi connectivity index (χ1) is 10.3. The first-order valence-corrected chi connectivity index (χ1v) is 7.90. The highest BCUT2D eigenvalue weighted by atomic mass is 16.5. The summed E-state index contributed by atoms with van der Waals surface area (Å²) in [5, 5.41) is 0. The van der Waals surface area contributed by atoms with Crippen LogP contribution in [0, 0.1) is 5.92 Å². The number of rotatable bonds is 7. The maximum atomic E-state index is 5.58. The number of likely N-dealkylation sites (tertiary alicyclic amines) is 1. The number of methoxy groups -OCH3 is 2. The summed E-state index contributed by atoms with van der Waals surface area (Å²) in [7, 11) is 3.37. The van der Waals surface area contributed by atoms with Crippen LogP contribution in [-0.2, 0) is 6.42 Å². The second kappa shape index (κ2) is 8.25. The van der Waals surface area contributed by atoms with Gasteiger partial charge < -0.3 is 20.1 Å². The molecule has 1 fully saturated rings. The standard InChI is InChI=1S/C17H28N2O2/c1-20-16-5-4-15(13-17(16)21-2)12-14-6-10-19(11-7-14)9-3-8-18/h4-5,13-14H,3,6-12,18H2,1-2H3. The van der Waals surface area contributed by atoms with Crippen molar-refractivity contribution in [3.8, 4) is 11.5 Å². The lowest BCUT2D eigenvalue weighted by Gasteiger charge is -2.32. The van der Waals surface area contributed by atoms with Crippen molar-refractivity contribution in [1.29, 1.82) is 0 Å². The Morgan fingerprint density at radius 3 is 2.48 bits per heavy atom. The number of benzene rings is 1. The van der Waals surface area contributed by atoms with E-state index >= 15 is 0 Å². The highest BCUT2D eigenvalue weighted by Gasteiger charge is 2.19. The van der Waals surface area contributed by atoms with Crippen LogP contribution in [0.5, 0.6) is 11.5 Å². The van der Waals surface area contributed by atoms with E-state index in [1.165, 1.54) is 31.5 Å². The second-order valence-electron chi connectivity index (χ2n) is 5.82. The molecule has 1 heterocycles. The van der Waals surface area contributed by atoms with Gasteiger partial charge in [-0.05, 0) is 75.5 Å². The van der Waals surface area contributed by atoms with E-state index in [-0.39, 0.29) is 0 Å². The molecule has 0 atom stereocenters. The smallest absolute Gasteiger partial charge is 0.160 e. The molecule has 0 radical (unpaired) electrons. The Kier molecular flexibility index (Phi) is 6.33. The third-order valence-electron chi connectivity index (χ3n) is 4.36. The zero-order valence-electron chi connectivity index (χ0n) is 13.3. The van der Waals surface area contributed by atoms with Crippen molar-refractivity contribution in [1.82, 2.24) is 4.90 Å². The minimum absolute atomic E-state index is 0.775. The average Bonchev–Trinajstić information content (AvgIpc) is 2.54. The van der Waals surface area contributed by atoms with Gasteiger partial charge in [0.2, 0.25) is 0 Å². The molecule has 2 rings (SSSR count). The zero-order chi connectivity index (χ0) is 15.1. The average molecular weight is 292 g/mol. The van der Waals surface area contributed by atoms with Gasteiger partial charge in [-0.2, -0.15) is 0 Å². The van der Waals surface area contributed by atoms with E-state index in [1.54, 1.807) is 14.2 Å². The van der Waals surface area contributed by atoms with Crippen molar-refractivity contribution < 1.29 is 9.47 Å². The quantitative estimate of drug-likeness (QED) is 0.838. The summed E-state index contributed by atoms with van der Waals surface area (Å²) in [5.74, 6) is 2.41. The molecule has 0 bridgehead atoms. The minimum atomic E-state index is 0.775. The fourth-order valence-electron chi connectivity index (χ4n) is 3.07. The maximum Gasteiger partial charge on any atom is 0.160 e. The van der Waals surface area contributed by atoms with Gasteiger partial charge in [0.05, 0.1) is 14.2 Å². The summed E-state index contributed by atoms with van der Waals surface area (Å²) < 4.78 is 10.7. The van der Waals surface area contributed by atoms with Gasteiger partial charge in [-0.3, -0.25) is 0 Å². The fraction of sp³-hybridized carbons (Fsp3) is 0.647. The van der Waals surface area contributed by atoms with Crippen LogP contribution in [0.15, 0.2) is 18.2 Å².